The van der Waals surface area contributed by atoms with Crippen LogP contribution in [0, 0.1) is 25.2 Å². The number of nitrogens with one attached hydrogen (secondary N) is 1. The third-order valence-electron chi connectivity index (χ3n) is 3.88. The van der Waals surface area contributed by atoms with E-state index in [1.807, 2.05) is 26.0 Å². The molecule has 0 radical (unpaired) electrons. The second-order valence-electron chi connectivity index (χ2n) is 6.03. The van der Waals surface area contributed by atoms with Gasteiger partial charge in [0.05, 0.1) is 17.7 Å². The Morgan fingerprint density at radius 2 is 1.93 bits per heavy atom. The molecule has 140 valence electrons. The summed E-state index contributed by atoms with van der Waals surface area (Å²) in [4.78, 5) is 38.3. The molecule has 1 amide bonds. The standard InChI is InChI=1S/C20H20N2O4S/c1-12-10-16(14(3)27-12)18(23)8-9-19(24)26-13(2)20(25)22-17-7-5-4-6-15(17)11-21/h4-7,10,13H,8-9H2,1-3H3,(H,22,25)/t13-/m1/s1. The van der Waals surface area contributed by atoms with Crippen molar-refractivity contribution < 1.29 is 19.1 Å². The van der Waals surface area contributed by atoms with Crippen LogP contribution in [0.15, 0.2) is 30.3 Å². The van der Waals surface area contributed by atoms with Crippen molar-refractivity contribution in [3.05, 3.63) is 51.2 Å². The normalized spacial score (nSPS) is 11.3. The summed E-state index contributed by atoms with van der Waals surface area (Å²) < 4.78 is 5.10. The number of rotatable bonds is 7. The summed E-state index contributed by atoms with van der Waals surface area (Å²) in [7, 11) is 0. The average molecular weight is 384 g/mol. The summed E-state index contributed by atoms with van der Waals surface area (Å²) in [5.74, 6) is -1.28. The van der Waals surface area contributed by atoms with E-state index in [4.69, 9.17) is 10.00 Å². The predicted octanol–water partition coefficient (Wildman–Crippen LogP) is 3.77. The first-order chi connectivity index (χ1) is 12.8. The molecular formula is C20H20N2O4S. The minimum absolute atomic E-state index is 0.0292. The first kappa shape index (κ1) is 20.3. The van der Waals surface area contributed by atoms with Gasteiger partial charge in [-0.2, -0.15) is 5.26 Å². The van der Waals surface area contributed by atoms with Crippen LogP contribution in [0.25, 0.3) is 0 Å². The van der Waals surface area contributed by atoms with Crippen LogP contribution in [0.2, 0.25) is 0 Å². The number of aryl methyl sites for hydroxylation is 2. The van der Waals surface area contributed by atoms with Crippen molar-refractivity contribution in [2.45, 2.75) is 39.7 Å². The van der Waals surface area contributed by atoms with Crippen LogP contribution in [0.1, 0.15) is 45.4 Å². The van der Waals surface area contributed by atoms with Gasteiger partial charge in [-0.3, -0.25) is 14.4 Å². The van der Waals surface area contributed by atoms with E-state index in [-0.39, 0.29) is 18.6 Å². The minimum atomic E-state index is -1.04. The molecule has 0 saturated heterocycles. The Morgan fingerprint density at radius 3 is 2.56 bits per heavy atom. The number of para-hydroxylation sites is 1. The largest absolute Gasteiger partial charge is 0.453 e. The maximum Gasteiger partial charge on any atom is 0.307 e. The maximum atomic E-state index is 12.2. The third-order valence-corrected chi connectivity index (χ3v) is 4.85. The van der Waals surface area contributed by atoms with Crippen LogP contribution in [-0.2, 0) is 14.3 Å². The van der Waals surface area contributed by atoms with Gasteiger partial charge in [0.2, 0.25) is 0 Å². The van der Waals surface area contributed by atoms with E-state index in [0.29, 0.717) is 16.8 Å². The molecule has 0 aliphatic carbocycles. The fraction of sp³-hybridized carbons (Fsp3) is 0.300. The van der Waals surface area contributed by atoms with Gasteiger partial charge in [0.1, 0.15) is 6.07 Å². The van der Waals surface area contributed by atoms with Crippen molar-refractivity contribution in [1.29, 1.82) is 5.26 Å². The lowest BCUT2D eigenvalue weighted by Crippen LogP contribution is -2.30. The van der Waals surface area contributed by atoms with E-state index in [9.17, 15) is 14.4 Å². The molecule has 0 spiro atoms. The molecule has 2 rings (SSSR count). The minimum Gasteiger partial charge on any atom is -0.453 e. The van der Waals surface area contributed by atoms with E-state index in [1.54, 1.807) is 24.3 Å². The molecule has 1 atom stereocenters. The Hall–Kier alpha value is -2.98. The molecule has 1 N–H and O–H groups in total. The zero-order valence-corrected chi connectivity index (χ0v) is 16.2. The number of hydrogen-bond acceptors (Lipinski definition) is 6. The van der Waals surface area contributed by atoms with Crippen molar-refractivity contribution in [1.82, 2.24) is 0 Å². The number of thiophene rings is 1. The van der Waals surface area contributed by atoms with Crippen LogP contribution < -0.4 is 5.32 Å². The Bertz CT molecular complexity index is 911. The molecule has 2 aromatic rings. The van der Waals surface area contributed by atoms with Crippen molar-refractivity contribution in [3.8, 4) is 6.07 Å². The summed E-state index contributed by atoms with van der Waals surface area (Å²) in [5.41, 5.74) is 1.30. The summed E-state index contributed by atoms with van der Waals surface area (Å²) in [6.07, 6.45) is -1.11. The molecule has 0 unspecified atom stereocenters. The molecule has 1 heterocycles. The van der Waals surface area contributed by atoms with Gasteiger partial charge >= 0.3 is 5.97 Å². The molecule has 0 saturated carbocycles. The third kappa shape index (κ3) is 5.50. The number of carbonyl (C=O) groups excluding carboxylic acids is 3. The van der Waals surface area contributed by atoms with Gasteiger partial charge < -0.3 is 10.1 Å². The predicted molar refractivity (Wildman–Crippen MR) is 103 cm³/mol. The van der Waals surface area contributed by atoms with Crippen molar-refractivity contribution in [2.24, 2.45) is 0 Å². The lowest BCUT2D eigenvalue weighted by molar-refractivity contribution is -0.153. The van der Waals surface area contributed by atoms with Crippen molar-refractivity contribution >= 4 is 34.7 Å². The van der Waals surface area contributed by atoms with Gasteiger partial charge in [-0.1, -0.05) is 12.1 Å². The monoisotopic (exact) mass is 384 g/mol. The maximum absolute atomic E-state index is 12.2. The van der Waals surface area contributed by atoms with E-state index < -0.39 is 18.0 Å². The van der Waals surface area contributed by atoms with Gasteiger partial charge in [0, 0.05) is 21.7 Å². The molecular weight excluding hydrogens is 364 g/mol. The quantitative estimate of drug-likeness (QED) is 0.579. The van der Waals surface area contributed by atoms with Crippen molar-refractivity contribution in [2.75, 3.05) is 5.32 Å². The number of benzene rings is 1. The molecule has 6 nitrogen and oxygen atoms in total. The van der Waals surface area contributed by atoms with Gasteiger partial charge in [0.25, 0.3) is 5.91 Å². The topological polar surface area (TPSA) is 96.3 Å². The van der Waals surface area contributed by atoms with Gasteiger partial charge in [-0.15, -0.1) is 11.3 Å². The lowest BCUT2D eigenvalue weighted by Gasteiger charge is -2.14. The number of ketones is 1. The average Bonchev–Trinajstić information content (AvgIpc) is 2.98. The summed E-state index contributed by atoms with van der Waals surface area (Å²) in [5, 5.41) is 11.6. The number of amides is 1. The second-order valence-corrected chi connectivity index (χ2v) is 7.49. The van der Waals surface area contributed by atoms with Crippen molar-refractivity contribution in [3.63, 3.8) is 0 Å². The number of hydrogen-bond donors (Lipinski definition) is 1. The van der Waals surface area contributed by atoms with Gasteiger partial charge in [-0.05, 0) is 39.0 Å². The van der Waals surface area contributed by atoms with E-state index in [2.05, 4.69) is 5.32 Å². The summed E-state index contributed by atoms with van der Waals surface area (Å²) in [6.45, 7) is 5.23. The molecule has 27 heavy (non-hydrogen) atoms. The number of ether oxygens (including phenoxy) is 1. The smallest absolute Gasteiger partial charge is 0.307 e. The van der Waals surface area contributed by atoms with Gasteiger partial charge in [0.15, 0.2) is 11.9 Å². The highest BCUT2D eigenvalue weighted by atomic mass is 32.1. The molecule has 0 aliphatic heterocycles. The highest BCUT2D eigenvalue weighted by Crippen LogP contribution is 2.22. The SMILES string of the molecule is Cc1cc(C(=O)CCC(=O)O[C@H](C)C(=O)Nc2ccccc2C#N)c(C)s1. The van der Waals surface area contributed by atoms with Crippen LogP contribution in [-0.4, -0.2) is 23.8 Å². The van der Waals surface area contributed by atoms with Crippen LogP contribution >= 0.6 is 11.3 Å². The number of Topliss-reactive ketones (excluding diaryl/α,β-unsaturated/α-hetero) is 1. The zero-order chi connectivity index (χ0) is 20.0. The highest BCUT2D eigenvalue weighted by molar-refractivity contribution is 7.12. The molecule has 0 fully saturated rings. The van der Waals surface area contributed by atoms with E-state index >= 15 is 0 Å². The Balaban J connectivity index is 1.86. The van der Waals surface area contributed by atoms with Gasteiger partial charge in [-0.25, -0.2) is 0 Å². The summed E-state index contributed by atoms with van der Waals surface area (Å²) >= 11 is 1.54. The Morgan fingerprint density at radius 1 is 1.22 bits per heavy atom. The Kier molecular flexibility index (Phi) is 6.85. The molecule has 0 aliphatic rings. The van der Waals surface area contributed by atoms with E-state index in [0.717, 1.165) is 9.75 Å². The van der Waals surface area contributed by atoms with Crippen LogP contribution in [0.4, 0.5) is 5.69 Å². The number of carbonyl (C=O) groups is 3. The zero-order valence-electron chi connectivity index (χ0n) is 15.4. The second kappa shape index (κ2) is 9.10. The summed E-state index contributed by atoms with van der Waals surface area (Å²) in [6, 6.07) is 10.3. The first-order valence-electron chi connectivity index (χ1n) is 8.41. The lowest BCUT2D eigenvalue weighted by atomic mass is 10.1. The number of anilines is 1. The molecule has 0 bridgehead atoms. The van der Waals surface area contributed by atoms with Crippen LogP contribution in [0.3, 0.4) is 0 Å². The van der Waals surface area contributed by atoms with E-state index in [1.165, 1.54) is 18.3 Å². The molecule has 7 heteroatoms. The number of esters is 1. The fourth-order valence-corrected chi connectivity index (χ4v) is 3.43. The van der Waals surface area contributed by atoms with Crippen LogP contribution in [0.5, 0.6) is 0 Å². The fourth-order valence-electron chi connectivity index (χ4n) is 2.49. The Labute approximate surface area is 161 Å². The first-order valence-corrected chi connectivity index (χ1v) is 9.23. The molecule has 1 aromatic carbocycles. The number of nitrogens with zero attached hydrogens (tertiary/aromatic N) is 1. The molecule has 1 aromatic heterocycles. The number of nitriles is 1. The highest BCUT2D eigenvalue weighted by Gasteiger charge is 2.20.